The summed E-state index contributed by atoms with van der Waals surface area (Å²) in [6.45, 7) is 7.25. The maximum Gasteiger partial charge on any atom is 0.240 e. The molecule has 116 valence electrons. The standard InChI is InChI=1S/C15H22N4O.ClH/c1-12(2)9-19(10-13-6-4-3-5-7-13)11-14-17-15(8-16)20-18-14;/h3-7,12H,8-11,16H2,1-2H3;1H. The third kappa shape index (κ3) is 5.83. The zero-order valence-corrected chi connectivity index (χ0v) is 13.3. The summed E-state index contributed by atoms with van der Waals surface area (Å²) in [5, 5.41) is 3.97. The second kappa shape index (κ2) is 8.77. The molecule has 2 N–H and O–H groups in total. The Hall–Kier alpha value is -1.43. The van der Waals surface area contributed by atoms with Crippen LogP contribution in [-0.2, 0) is 19.6 Å². The van der Waals surface area contributed by atoms with Crippen molar-refractivity contribution >= 4 is 12.4 Å². The van der Waals surface area contributed by atoms with Crippen LogP contribution in [0, 0.1) is 5.92 Å². The lowest BCUT2D eigenvalue weighted by molar-refractivity contribution is 0.219. The highest BCUT2D eigenvalue weighted by molar-refractivity contribution is 5.85. The number of nitrogens with zero attached hydrogens (tertiary/aromatic N) is 3. The topological polar surface area (TPSA) is 68.2 Å². The average molecular weight is 311 g/mol. The Labute approximate surface area is 131 Å². The largest absolute Gasteiger partial charge is 0.338 e. The van der Waals surface area contributed by atoms with E-state index < -0.39 is 0 Å². The lowest BCUT2D eigenvalue weighted by atomic mass is 10.1. The highest BCUT2D eigenvalue weighted by Crippen LogP contribution is 2.10. The van der Waals surface area contributed by atoms with Crippen LogP contribution in [0.4, 0.5) is 0 Å². The van der Waals surface area contributed by atoms with Gasteiger partial charge in [0, 0.05) is 13.1 Å². The van der Waals surface area contributed by atoms with E-state index in [0.29, 0.717) is 24.2 Å². The van der Waals surface area contributed by atoms with Gasteiger partial charge in [-0.1, -0.05) is 49.3 Å². The molecule has 0 fully saturated rings. The Bertz CT molecular complexity index is 515. The Morgan fingerprint density at radius 3 is 2.48 bits per heavy atom. The van der Waals surface area contributed by atoms with Crippen molar-refractivity contribution in [1.82, 2.24) is 15.0 Å². The molecule has 0 aliphatic rings. The summed E-state index contributed by atoms with van der Waals surface area (Å²) in [5.74, 6) is 1.77. The van der Waals surface area contributed by atoms with Crippen LogP contribution >= 0.6 is 12.4 Å². The summed E-state index contributed by atoms with van der Waals surface area (Å²) >= 11 is 0. The Balaban J connectivity index is 0.00000220. The van der Waals surface area contributed by atoms with E-state index >= 15 is 0 Å². The first-order valence-corrected chi connectivity index (χ1v) is 6.95. The van der Waals surface area contributed by atoms with Gasteiger partial charge in [-0.3, -0.25) is 4.90 Å². The molecule has 2 aromatic rings. The van der Waals surface area contributed by atoms with E-state index in [1.165, 1.54) is 5.56 Å². The van der Waals surface area contributed by atoms with Crippen LogP contribution < -0.4 is 5.73 Å². The van der Waals surface area contributed by atoms with Gasteiger partial charge in [-0.25, -0.2) is 0 Å². The first kappa shape index (κ1) is 17.6. The van der Waals surface area contributed by atoms with E-state index in [4.69, 9.17) is 10.3 Å². The summed E-state index contributed by atoms with van der Waals surface area (Å²) in [4.78, 5) is 6.60. The number of nitrogens with two attached hydrogens (primary N) is 1. The van der Waals surface area contributed by atoms with Gasteiger partial charge in [0.1, 0.15) is 0 Å². The molecule has 0 spiro atoms. The van der Waals surface area contributed by atoms with Gasteiger partial charge in [-0.15, -0.1) is 12.4 Å². The SMILES string of the molecule is CC(C)CN(Cc1ccccc1)Cc1noc(CN)n1.Cl. The van der Waals surface area contributed by atoms with Crippen molar-refractivity contribution in [2.24, 2.45) is 11.7 Å². The molecule has 0 saturated carbocycles. The first-order chi connectivity index (χ1) is 9.67. The van der Waals surface area contributed by atoms with Gasteiger partial charge in [0.05, 0.1) is 13.1 Å². The maximum absolute atomic E-state index is 5.49. The smallest absolute Gasteiger partial charge is 0.240 e. The van der Waals surface area contributed by atoms with Gasteiger partial charge >= 0.3 is 0 Å². The molecule has 0 aliphatic heterocycles. The molecular formula is C15H23ClN4O. The lowest BCUT2D eigenvalue weighted by Crippen LogP contribution is -2.27. The quantitative estimate of drug-likeness (QED) is 0.851. The third-order valence-electron chi connectivity index (χ3n) is 2.92. The van der Waals surface area contributed by atoms with Crippen molar-refractivity contribution in [3.63, 3.8) is 0 Å². The molecule has 1 heterocycles. The van der Waals surface area contributed by atoms with Crippen LogP contribution in [0.2, 0.25) is 0 Å². The average Bonchev–Trinajstić information content (AvgIpc) is 2.87. The van der Waals surface area contributed by atoms with Gasteiger partial charge in [0.2, 0.25) is 5.89 Å². The van der Waals surface area contributed by atoms with E-state index in [1.54, 1.807) is 0 Å². The van der Waals surface area contributed by atoms with Crippen molar-refractivity contribution in [2.45, 2.75) is 33.5 Å². The number of hydrogen-bond acceptors (Lipinski definition) is 5. The van der Waals surface area contributed by atoms with E-state index in [2.05, 4.69) is 53.2 Å². The Morgan fingerprint density at radius 2 is 1.90 bits per heavy atom. The molecule has 0 aliphatic carbocycles. The van der Waals surface area contributed by atoms with E-state index in [9.17, 15) is 0 Å². The van der Waals surface area contributed by atoms with Crippen molar-refractivity contribution in [2.75, 3.05) is 6.54 Å². The van der Waals surface area contributed by atoms with Gasteiger partial charge in [0.25, 0.3) is 0 Å². The maximum atomic E-state index is 5.49. The summed E-state index contributed by atoms with van der Waals surface area (Å²) < 4.78 is 5.06. The highest BCUT2D eigenvalue weighted by atomic mass is 35.5. The molecule has 0 radical (unpaired) electrons. The van der Waals surface area contributed by atoms with Crippen molar-refractivity contribution in [3.8, 4) is 0 Å². The fraction of sp³-hybridized carbons (Fsp3) is 0.467. The summed E-state index contributed by atoms with van der Waals surface area (Å²) in [5.41, 5.74) is 6.78. The molecule has 0 bridgehead atoms. The molecule has 1 aromatic carbocycles. The van der Waals surface area contributed by atoms with Crippen molar-refractivity contribution in [3.05, 3.63) is 47.6 Å². The predicted molar refractivity (Wildman–Crippen MR) is 84.8 cm³/mol. The van der Waals surface area contributed by atoms with Crippen molar-refractivity contribution in [1.29, 1.82) is 0 Å². The minimum absolute atomic E-state index is 0. The van der Waals surface area contributed by atoms with Crippen LogP contribution in [0.5, 0.6) is 0 Å². The molecule has 1 aromatic heterocycles. The number of rotatable bonds is 7. The Morgan fingerprint density at radius 1 is 1.19 bits per heavy atom. The van der Waals surface area contributed by atoms with Gasteiger partial charge < -0.3 is 10.3 Å². The van der Waals surface area contributed by atoms with Crippen LogP contribution in [-0.4, -0.2) is 21.6 Å². The predicted octanol–water partition coefficient (Wildman–Crippen LogP) is 2.61. The second-order valence-corrected chi connectivity index (χ2v) is 5.36. The van der Waals surface area contributed by atoms with Crippen LogP contribution in [0.15, 0.2) is 34.9 Å². The second-order valence-electron chi connectivity index (χ2n) is 5.36. The fourth-order valence-electron chi connectivity index (χ4n) is 2.18. The number of halogens is 1. The molecule has 0 atom stereocenters. The zero-order chi connectivity index (χ0) is 14.4. The molecular weight excluding hydrogens is 288 g/mol. The molecule has 0 unspecified atom stereocenters. The minimum atomic E-state index is 0. The van der Waals surface area contributed by atoms with Crippen LogP contribution in [0.3, 0.4) is 0 Å². The van der Waals surface area contributed by atoms with Gasteiger partial charge in [-0.2, -0.15) is 4.98 Å². The van der Waals surface area contributed by atoms with Crippen LogP contribution in [0.25, 0.3) is 0 Å². The molecule has 21 heavy (non-hydrogen) atoms. The summed E-state index contributed by atoms with van der Waals surface area (Å²) in [6, 6.07) is 10.4. The summed E-state index contributed by atoms with van der Waals surface area (Å²) in [6.07, 6.45) is 0. The van der Waals surface area contributed by atoms with E-state index in [1.807, 2.05) is 6.07 Å². The highest BCUT2D eigenvalue weighted by Gasteiger charge is 2.13. The normalized spacial score (nSPS) is 10.9. The molecule has 2 rings (SSSR count). The molecule has 0 saturated heterocycles. The summed E-state index contributed by atoms with van der Waals surface area (Å²) in [7, 11) is 0. The molecule has 6 heteroatoms. The van der Waals surface area contributed by atoms with Gasteiger partial charge in [0.15, 0.2) is 5.82 Å². The zero-order valence-electron chi connectivity index (χ0n) is 12.5. The van der Waals surface area contributed by atoms with E-state index in [-0.39, 0.29) is 19.0 Å². The number of aromatic nitrogens is 2. The number of benzene rings is 1. The lowest BCUT2D eigenvalue weighted by Gasteiger charge is -2.22. The van der Waals surface area contributed by atoms with Crippen molar-refractivity contribution < 1.29 is 4.52 Å². The Kier molecular flexibility index (Phi) is 7.36. The van der Waals surface area contributed by atoms with Gasteiger partial charge in [-0.05, 0) is 11.5 Å². The minimum Gasteiger partial charge on any atom is -0.338 e. The van der Waals surface area contributed by atoms with E-state index in [0.717, 1.165) is 13.1 Å². The number of hydrogen-bond donors (Lipinski definition) is 1. The van der Waals surface area contributed by atoms with Crippen LogP contribution in [0.1, 0.15) is 31.1 Å². The monoisotopic (exact) mass is 310 g/mol. The molecule has 5 nitrogen and oxygen atoms in total. The fourth-order valence-corrected chi connectivity index (χ4v) is 2.18. The third-order valence-corrected chi connectivity index (χ3v) is 2.92. The first-order valence-electron chi connectivity index (χ1n) is 6.95. The molecule has 0 amide bonds.